The van der Waals surface area contributed by atoms with Gasteiger partial charge in [0, 0.05) is 12.5 Å². The van der Waals surface area contributed by atoms with Crippen LogP contribution in [0.2, 0.25) is 0 Å². The van der Waals surface area contributed by atoms with Gasteiger partial charge in [-0.15, -0.1) is 10.2 Å². The lowest BCUT2D eigenvalue weighted by molar-refractivity contribution is 0.214. The van der Waals surface area contributed by atoms with Gasteiger partial charge in [0.15, 0.2) is 0 Å². The lowest BCUT2D eigenvalue weighted by Crippen LogP contribution is -2.30. The average Bonchev–Trinajstić information content (AvgIpc) is 2.85. The summed E-state index contributed by atoms with van der Waals surface area (Å²) in [5.74, 6) is 6.75. The number of ether oxygens (including phenoxy) is 2. The minimum Gasteiger partial charge on any atom is -0.496 e. The Morgan fingerprint density at radius 3 is 2.88 bits per heavy atom. The molecule has 0 saturated carbocycles. The molecular formula is C10H14N4O2. The van der Waals surface area contributed by atoms with Crippen molar-refractivity contribution < 1.29 is 9.47 Å². The van der Waals surface area contributed by atoms with E-state index < -0.39 is 0 Å². The second-order valence-corrected chi connectivity index (χ2v) is 3.34. The summed E-state index contributed by atoms with van der Waals surface area (Å²) in [6.07, 6.45) is 2.90. The zero-order valence-corrected chi connectivity index (χ0v) is 9.01. The van der Waals surface area contributed by atoms with Gasteiger partial charge in [-0.05, 0) is 12.1 Å². The maximum atomic E-state index is 5.49. The van der Waals surface area contributed by atoms with E-state index in [1.165, 1.54) is 0 Å². The molecule has 1 aliphatic heterocycles. The van der Waals surface area contributed by atoms with Gasteiger partial charge in [0.1, 0.15) is 11.8 Å². The minimum atomic E-state index is -0.249. The van der Waals surface area contributed by atoms with Crippen LogP contribution < -0.4 is 16.0 Å². The summed E-state index contributed by atoms with van der Waals surface area (Å²) in [4.78, 5) is 0. The van der Waals surface area contributed by atoms with Crippen LogP contribution in [0, 0.1) is 0 Å². The van der Waals surface area contributed by atoms with Gasteiger partial charge in [-0.3, -0.25) is 5.84 Å². The molecule has 3 N–H and O–H groups in total. The number of rotatable bonds is 4. The van der Waals surface area contributed by atoms with E-state index in [-0.39, 0.29) is 6.04 Å². The van der Waals surface area contributed by atoms with Crippen molar-refractivity contribution in [2.75, 3.05) is 13.7 Å². The number of hydrazine groups is 1. The third kappa shape index (κ3) is 2.12. The van der Waals surface area contributed by atoms with Crippen LogP contribution in [0.15, 0.2) is 24.0 Å². The molecule has 2 rings (SSSR count). The lowest BCUT2D eigenvalue weighted by Gasteiger charge is -2.15. The SMILES string of the molecule is COc1ccc(C(NN)C2=CCCO2)nn1. The predicted octanol–water partition coefficient (Wildman–Crippen LogP) is 0.294. The molecule has 0 spiro atoms. The van der Waals surface area contributed by atoms with Crippen LogP contribution in [-0.4, -0.2) is 23.9 Å². The molecule has 0 aromatic carbocycles. The first kappa shape index (κ1) is 10.8. The maximum absolute atomic E-state index is 5.49. The summed E-state index contributed by atoms with van der Waals surface area (Å²) in [6.45, 7) is 0.692. The summed E-state index contributed by atoms with van der Waals surface area (Å²) < 4.78 is 10.4. The molecule has 1 atom stereocenters. The zero-order chi connectivity index (χ0) is 11.4. The Bertz CT molecular complexity index is 377. The smallest absolute Gasteiger partial charge is 0.233 e. The molecule has 0 saturated heterocycles. The van der Waals surface area contributed by atoms with E-state index in [4.69, 9.17) is 15.3 Å². The molecule has 0 amide bonds. The quantitative estimate of drug-likeness (QED) is 0.563. The molecule has 1 aromatic rings. The molecule has 6 heteroatoms. The van der Waals surface area contributed by atoms with Gasteiger partial charge in [0.25, 0.3) is 0 Å². The van der Waals surface area contributed by atoms with Crippen LogP contribution in [0.1, 0.15) is 18.2 Å². The normalized spacial score (nSPS) is 16.5. The van der Waals surface area contributed by atoms with E-state index in [1.54, 1.807) is 19.2 Å². The summed E-state index contributed by atoms with van der Waals surface area (Å²) in [7, 11) is 1.55. The van der Waals surface area contributed by atoms with Crippen molar-refractivity contribution in [3.05, 3.63) is 29.7 Å². The van der Waals surface area contributed by atoms with Crippen molar-refractivity contribution in [1.29, 1.82) is 0 Å². The molecule has 86 valence electrons. The Morgan fingerprint density at radius 1 is 1.50 bits per heavy atom. The van der Waals surface area contributed by atoms with E-state index in [0.29, 0.717) is 18.2 Å². The lowest BCUT2D eigenvalue weighted by atomic mass is 10.1. The third-order valence-electron chi connectivity index (χ3n) is 2.35. The first-order valence-corrected chi connectivity index (χ1v) is 5.01. The van der Waals surface area contributed by atoms with Crippen molar-refractivity contribution >= 4 is 0 Å². The van der Waals surface area contributed by atoms with Crippen molar-refractivity contribution in [3.63, 3.8) is 0 Å². The number of aromatic nitrogens is 2. The Morgan fingerprint density at radius 2 is 2.38 bits per heavy atom. The van der Waals surface area contributed by atoms with Gasteiger partial charge in [-0.1, -0.05) is 0 Å². The fraction of sp³-hybridized carbons (Fsp3) is 0.400. The fourth-order valence-corrected chi connectivity index (χ4v) is 1.54. The van der Waals surface area contributed by atoms with Crippen LogP contribution in [0.5, 0.6) is 5.88 Å². The van der Waals surface area contributed by atoms with Crippen LogP contribution in [0.3, 0.4) is 0 Å². The van der Waals surface area contributed by atoms with Crippen LogP contribution in [0.25, 0.3) is 0 Å². The summed E-state index contributed by atoms with van der Waals surface area (Å²) in [5, 5.41) is 7.91. The predicted molar refractivity (Wildman–Crippen MR) is 57.3 cm³/mol. The highest BCUT2D eigenvalue weighted by molar-refractivity contribution is 5.21. The van der Waals surface area contributed by atoms with Gasteiger partial charge >= 0.3 is 0 Å². The van der Waals surface area contributed by atoms with Gasteiger partial charge < -0.3 is 9.47 Å². The summed E-state index contributed by atoms with van der Waals surface area (Å²) in [6, 6.07) is 3.29. The Balaban J connectivity index is 2.19. The Kier molecular flexibility index (Phi) is 3.33. The maximum Gasteiger partial charge on any atom is 0.233 e. The molecule has 6 nitrogen and oxygen atoms in total. The van der Waals surface area contributed by atoms with E-state index in [0.717, 1.165) is 12.2 Å². The fourth-order valence-electron chi connectivity index (χ4n) is 1.54. The topological polar surface area (TPSA) is 82.3 Å². The van der Waals surface area contributed by atoms with Crippen LogP contribution in [0.4, 0.5) is 0 Å². The minimum absolute atomic E-state index is 0.249. The molecule has 16 heavy (non-hydrogen) atoms. The van der Waals surface area contributed by atoms with E-state index >= 15 is 0 Å². The van der Waals surface area contributed by atoms with Crippen molar-refractivity contribution in [3.8, 4) is 5.88 Å². The number of nitrogens with two attached hydrogens (primary N) is 1. The van der Waals surface area contributed by atoms with Crippen LogP contribution in [-0.2, 0) is 4.74 Å². The number of nitrogens with zero attached hydrogens (tertiary/aromatic N) is 2. The van der Waals surface area contributed by atoms with Gasteiger partial charge in [0.05, 0.1) is 19.4 Å². The largest absolute Gasteiger partial charge is 0.496 e. The highest BCUT2D eigenvalue weighted by Crippen LogP contribution is 2.24. The van der Waals surface area contributed by atoms with Crippen molar-refractivity contribution in [2.24, 2.45) is 5.84 Å². The van der Waals surface area contributed by atoms with Gasteiger partial charge in [-0.2, -0.15) is 0 Å². The molecule has 1 aromatic heterocycles. The van der Waals surface area contributed by atoms with Crippen molar-refractivity contribution in [2.45, 2.75) is 12.5 Å². The molecule has 0 radical (unpaired) electrons. The molecule has 1 unspecified atom stereocenters. The standard InChI is InChI=1S/C10H14N4O2/c1-15-9-5-4-7(13-14-9)10(12-11)8-3-2-6-16-8/h3-5,10,12H,2,6,11H2,1H3. The Labute approximate surface area is 93.4 Å². The highest BCUT2D eigenvalue weighted by Gasteiger charge is 2.21. The third-order valence-corrected chi connectivity index (χ3v) is 2.35. The molecule has 0 bridgehead atoms. The number of nitrogens with one attached hydrogen (secondary N) is 1. The van der Waals surface area contributed by atoms with Crippen LogP contribution >= 0.6 is 0 Å². The van der Waals surface area contributed by atoms with Crippen molar-refractivity contribution in [1.82, 2.24) is 15.6 Å². The summed E-state index contributed by atoms with van der Waals surface area (Å²) >= 11 is 0. The first-order valence-electron chi connectivity index (χ1n) is 5.01. The highest BCUT2D eigenvalue weighted by atomic mass is 16.5. The monoisotopic (exact) mass is 222 g/mol. The Hall–Kier alpha value is -1.66. The average molecular weight is 222 g/mol. The number of hydrogen-bond donors (Lipinski definition) is 2. The molecule has 0 fully saturated rings. The first-order chi connectivity index (χ1) is 7.85. The van der Waals surface area contributed by atoms with E-state index in [1.807, 2.05) is 6.08 Å². The second kappa shape index (κ2) is 4.91. The molecule has 1 aliphatic rings. The number of hydrogen-bond acceptors (Lipinski definition) is 6. The van der Waals surface area contributed by atoms with Gasteiger partial charge in [-0.25, -0.2) is 5.43 Å². The van der Waals surface area contributed by atoms with E-state index in [2.05, 4.69) is 15.6 Å². The molecule has 0 aliphatic carbocycles. The van der Waals surface area contributed by atoms with Gasteiger partial charge in [0.2, 0.25) is 5.88 Å². The summed E-state index contributed by atoms with van der Waals surface area (Å²) in [5.41, 5.74) is 3.37. The second-order valence-electron chi connectivity index (χ2n) is 3.34. The van der Waals surface area contributed by atoms with E-state index in [9.17, 15) is 0 Å². The molecule has 2 heterocycles. The number of methoxy groups -OCH3 is 1. The molecular weight excluding hydrogens is 208 g/mol. The zero-order valence-electron chi connectivity index (χ0n) is 9.01.